The molecule has 1 atom stereocenters. The van der Waals surface area contributed by atoms with Gasteiger partial charge in [-0.1, -0.05) is 12.1 Å². The van der Waals surface area contributed by atoms with Crippen molar-refractivity contribution in [1.82, 2.24) is 20.0 Å². The molecule has 1 fully saturated rings. The second-order valence-corrected chi connectivity index (χ2v) is 5.67. The Kier molecular flexibility index (Phi) is 4.20. The molecule has 1 aliphatic rings. The zero-order chi connectivity index (χ0) is 17.3. The number of piperazine rings is 1. The van der Waals surface area contributed by atoms with Gasteiger partial charge in [-0.3, -0.25) is 9.48 Å². The van der Waals surface area contributed by atoms with Crippen molar-refractivity contribution in [3.05, 3.63) is 47.5 Å². The summed E-state index contributed by atoms with van der Waals surface area (Å²) in [5, 5.41) is 9.65. The SMILES string of the molecule is Cc1nn(C)cc1NC(=O)N1CCNC(=O)[C@@H]1c1cccc(F)c1. The number of hydrogen-bond acceptors (Lipinski definition) is 3. The molecule has 7 nitrogen and oxygen atoms in total. The van der Waals surface area contributed by atoms with Crippen LogP contribution in [0.5, 0.6) is 0 Å². The highest BCUT2D eigenvalue weighted by molar-refractivity contribution is 5.95. The molecule has 3 rings (SSSR count). The molecule has 8 heteroatoms. The Labute approximate surface area is 138 Å². The first-order valence-corrected chi connectivity index (χ1v) is 7.57. The first kappa shape index (κ1) is 16.0. The van der Waals surface area contributed by atoms with E-state index >= 15 is 0 Å². The Hall–Kier alpha value is -2.90. The Morgan fingerprint density at radius 1 is 1.46 bits per heavy atom. The van der Waals surface area contributed by atoms with E-state index in [9.17, 15) is 14.0 Å². The predicted molar refractivity (Wildman–Crippen MR) is 85.8 cm³/mol. The smallest absolute Gasteiger partial charge is 0.322 e. The third-order valence-corrected chi connectivity index (χ3v) is 3.89. The summed E-state index contributed by atoms with van der Waals surface area (Å²) in [4.78, 5) is 26.3. The Morgan fingerprint density at radius 2 is 2.25 bits per heavy atom. The number of amides is 3. The highest BCUT2D eigenvalue weighted by Gasteiger charge is 2.34. The number of benzene rings is 1. The van der Waals surface area contributed by atoms with Gasteiger partial charge in [0.1, 0.15) is 11.9 Å². The maximum atomic E-state index is 13.5. The highest BCUT2D eigenvalue weighted by Crippen LogP contribution is 2.25. The van der Waals surface area contributed by atoms with Crippen molar-refractivity contribution in [1.29, 1.82) is 0 Å². The van der Waals surface area contributed by atoms with Crippen molar-refractivity contribution >= 4 is 17.6 Å². The Morgan fingerprint density at radius 3 is 2.92 bits per heavy atom. The second-order valence-electron chi connectivity index (χ2n) is 5.67. The molecule has 3 amide bonds. The molecule has 0 radical (unpaired) electrons. The fourth-order valence-electron chi connectivity index (χ4n) is 2.80. The van der Waals surface area contributed by atoms with Gasteiger partial charge in [-0.05, 0) is 24.6 Å². The fraction of sp³-hybridized carbons (Fsp3) is 0.312. The molecule has 1 aliphatic heterocycles. The highest BCUT2D eigenvalue weighted by atomic mass is 19.1. The average Bonchev–Trinajstić information content (AvgIpc) is 2.84. The Balaban J connectivity index is 1.87. The maximum absolute atomic E-state index is 13.5. The molecule has 0 bridgehead atoms. The van der Waals surface area contributed by atoms with Crippen molar-refractivity contribution in [3.8, 4) is 0 Å². The minimum Gasteiger partial charge on any atom is -0.352 e. The summed E-state index contributed by atoms with van der Waals surface area (Å²) >= 11 is 0. The zero-order valence-electron chi connectivity index (χ0n) is 13.4. The van der Waals surface area contributed by atoms with E-state index in [4.69, 9.17) is 0 Å². The summed E-state index contributed by atoms with van der Waals surface area (Å²) in [6.45, 7) is 2.46. The van der Waals surface area contributed by atoms with Gasteiger partial charge in [0.25, 0.3) is 0 Å². The normalized spacial score (nSPS) is 17.5. The quantitative estimate of drug-likeness (QED) is 0.877. The number of rotatable bonds is 2. The van der Waals surface area contributed by atoms with Crippen LogP contribution in [0.3, 0.4) is 0 Å². The van der Waals surface area contributed by atoms with Gasteiger partial charge in [-0.2, -0.15) is 5.10 Å². The minimum absolute atomic E-state index is 0.329. The van der Waals surface area contributed by atoms with Crippen LogP contribution in [0.2, 0.25) is 0 Å². The van der Waals surface area contributed by atoms with Gasteiger partial charge in [0.15, 0.2) is 0 Å². The van der Waals surface area contributed by atoms with Crippen LogP contribution in [0.15, 0.2) is 30.5 Å². The van der Waals surface area contributed by atoms with E-state index in [-0.39, 0.29) is 5.91 Å². The fourth-order valence-corrected chi connectivity index (χ4v) is 2.80. The maximum Gasteiger partial charge on any atom is 0.322 e. The van der Waals surface area contributed by atoms with Gasteiger partial charge < -0.3 is 15.5 Å². The molecule has 1 aromatic heterocycles. The lowest BCUT2D eigenvalue weighted by Crippen LogP contribution is -2.53. The van der Waals surface area contributed by atoms with Crippen LogP contribution in [-0.2, 0) is 11.8 Å². The van der Waals surface area contributed by atoms with Crippen molar-refractivity contribution < 1.29 is 14.0 Å². The van der Waals surface area contributed by atoms with Crippen LogP contribution < -0.4 is 10.6 Å². The lowest BCUT2D eigenvalue weighted by molar-refractivity contribution is -0.127. The van der Waals surface area contributed by atoms with Crippen LogP contribution in [0.25, 0.3) is 0 Å². The van der Waals surface area contributed by atoms with Crippen LogP contribution >= 0.6 is 0 Å². The summed E-state index contributed by atoms with van der Waals surface area (Å²) in [6.07, 6.45) is 1.69. The largest absolute Gasteiger partial charge is 0.352 e. The third-order valence-electron chi connectivity index (χ3n) is 3.89. The van der Waals surface area contributed by atoms with Gasteiger partial charge in [0.05, 0.1) is 11.4 Å². The number of hydrogen-bond donors (Lipinski definition) is 2. The Bertz CT molecular complexity index is 789. The van der Waals surface area contributed by atoms with E-state index in [0.29, 0.717) is 30.0 Å². The van der Waals surface area contributed by atoms with E-state index in [0.717, 1.165) is 0 Å². The van der Waals surface area contributed by atoms with Crippen molar-refractivity contribution in [2.24, 2.45) is 7.05 Å². The summed E-state index contributed by atoms with van der Waals surface area (Å²) in [7, 11) is 1.76. The predicted octanol–water partition coefficient (Wildman–Crippen LogP) is 1.57. The number of carbonyl (C=O) groups excluding carboxylic acids is 2. The van der Waals surface area contributed by atoms with E-state index < -0.39 is 17.9 Å². The van der Waals surface area contributed by atoms with Crippen LogP contribution in [0, 0.1) is 12.7 Å². The number of aryl methyl sites for hydroxylation is 2. The summed E-state index contributed by atoms with van der Waals surface area (Å²) in [6, 6.07) is 4.43. The first-order valence-electron chi connectivity index (χ1n) is 7.57. The molecule has 2 aromatic rings. The van der Waals surface area contributed by atoms with Crippen LogP contribution in [0.1, 0.15) is 17.3 Å². The molecule has 0 unspecified atom stereocenters. The van der Waals surface area contributed by atoms with E-state index in [1.54, 1.807) is 30.9 Å². The summed E-state index contributed by atoms with van der Waals surface area (Å²) < 4.78 is 15.1. The summed E-state index contributed by atoms with van der Waals surface area (Å²) in [5.74, 6) is -0.778. The molecular weight excluding hydrogens is 313 g/mol. The lowest BCUT2D eigenvalue weighted by atomic mass is 10.0. The molecule has 0 aliphatic carbocycles. The number of carbonyl (C=O) groups is 2. The molecule has 126 valence electrons. The number of aromatic nitrogens is 2. The minimum atomic E-state index is -0.869. The molecule has 2 heterocycles. The van der Waals surface area contributed by atoms with Gasteiger partial charge in [0, 0.05) is 26.3 Å². The van der Waals surface area contributed by atoms with E-state index in [1.165, 1.54) is 23.1 Å². The lowest BCUT2D eigenvalue weighted by Gasteiger charge is -2.35. The number of urea groups is 1. The molecule has 1 aromatic carbocycles. The molecule has 0 saturated carbocycles. The van der Waals surface area contributed by atoms with E-state index in [2.05, 4.69) is 15.7 Å². The zero-order valence-corrected chi connectivity index (χ0v) is 13.4. The molecular formula is C16H18FN5O2. The monoisotopic (exact) mass is 331 g/mol. The van der Waals surface area contributed by atoms with Gasteiger partial charge in [-0.15, -0.1) is 0 Å². The standard InChI is InChI=1S/C16H18FN5O2/c1-10-13(9-21(2)20-10)19-16(24)22-7-6-18-15(23)14(22)11-4-3-5-12(17)8-11/h3-5,8-9,14H,6-7H2,1-2H3,(H,18,23)(H,19,24)/t14-/m0/s1. The number of halogens is 1. The number of nitrogens with one attached hydrogen (secondary N) is 2. The number of anilines is 1. The first-order chi connectivity index (χ1) is 11.5. The topological polar surface area (TPSA) is 79.3 Å². The summed E-state index contributed by atoms with van der Waals surface area (Å²) in [5.41, 5.74) is 1.69. The van der Waals surface area contributed by atoms with Gasteiger partial charge in [0.2, 0.25) is 5.91 Å². The third kappa shape index (κ3) is 3.08. The van der Waals surface area contributed by atoms with Gasteiger partial charge >= 0.3 is 6.03 Å². The van der Waals surface area contributed by atoms with Crippen LogP contribution in [0.4, 0.5) is 14.9 Å². The molecule has 24 heavy (non-hydrogen) atoms. The van der Waals surface area contributed by atoms with Crippen molar-refractivity contribution in [2.75, 3.05) is 18.4 Å². The molecule has 0 spiro atoms. The molecule has 1 saturated heterocycles. The number of nitrogens with zero attached hydrogens (tertiary/aromatic N) is 3. The molecule has 2 N–H and O–H groups in total. The van der Waals surface area contributed by atoms with E-state index in [1.807, 2.05) is 0 Å². The van der Waals surface area contributed by atoms with Crippen LogP contribution in [-0.4, -0.2) is 39.7 Å². The van der Waals surface area contributed by atoms with Gasteiger partial charge in [-0.25, -0.2) is 9.18 Å². The average molecular weight is 331 g/mol. The second kappa shape index (κ2) is 6.31. The van der Waals surface area contributed by atoms with Crippen molar-refractivity contribution in [3.63, 3.8) is 0 Å². The van der Waals surface area contributed by atoms with Crippen molar-refractivity contribution in [2.45, 2.75) is 13.0 Å².